The second kappa shape index (κ2) is 6.47. The minimum atomic E-state index is -3.52. The predicted octanol–water partition coefficient (Wildman–Crippen LogP) is 0.668. The van der Waals surface area contributed by atoms with E-state index in [2.05, 4.69) is 4.72 Å². The summed E-state index contributed by atoms with van der Waals surface area (Å²) in [4.78, 5) is 2.14. The second-order valence-corrected chi connectivity index (χ2v) is 6.95. The topological polar surface area (TPSA) is 69.6 Å². The molecule has 19 heavy (non-hydrogen) atoms. The average Bonchev–Trinajstić information content (AvgIpc) is 2.28. The van der Waals surface area contributed by atoms with Crippen molar-refractivity contribution in [3.05, 3.63) is 30.3 Å². The first-order valence-electron chi connectivity index (χ1n) is 6.15. The molecule has 5 nitrogen and oxygen atoms in total. The van der Waals surface area contributed by atoms with Crippen molar-refractivity contribution in [1.29, 1.82) is 0 Å². The van der Waals surface area contributed by atoms with Crippen molar-refractivity contribution in [3.63, 3.8) is 0 Å². The Morgan fingerprint density at radius 1 is 1.26 bits per heavy atom. The van der Waals surface area contributed by atoms with Crippen LogP contribution in [0.25, 0.3) is 0 Å². The van der Waals surface area contributed by atoms with Crippen LogP contribution in [0.15, 0.2) is 35.2 Å². The lowest BCUT2D eigenvalue weighted by Gasteiger charge is -2.30. The van der Waals surface area contributed by atoms with Crippen LogP contribution in [0.5, 0.6) is 0 Å². The molecule has 0 aromatic heterocycles. The Hall–Kier alpha value is -0.950. The van der Waals surface area contributed by atoms with E-state index in [1.165, 1.54) is 0 Å². The van der Waals surface area contributed by atoms with Crippen LogP contribution in [0.3, 0.4) is 0 Å². The third-order valence-electron chi connectivity index (χ3n) is 2.61. The van der Waals surface area contributed by atoms with Gasteiger partial charge in [0.1, 0.15) is 0 Å². The van der Waals surface area contributed by atoms with Gasteiger partial charge in [0.15, 0.2) is 0 Å². The molecular formula is C13H22N2O3S. The summed E-state index contributed by atoms with van der Waals surface area (Å²) >= 11 is 0. The molecule has 0 radical (unpaired) electrons. The number of aliphatic hydroxyl groups is 1. The lowest BCUT2D eigenvalue weighted by Crippen LogP contribution is -2.50. The lowest BCUT2D eigenvalue weighted by molar-refractivity contribution is 0.194. The van der Waals surface area contributed by atoms with Gasteiger partial charge in [-0.1, -0.05) is 18.2 Å². The van der Waals surface area contributed by atoms with E-state index in [-0.39, 0.29) is 11.5 Å². The van der Waals surface area contributed by atoms with Gasteiger partial charge in [0.25, 0.3) is 0 Å². The van der Waals surface area contributed by atoms with Gasteiger partial charge in [0, 0.05) is 18.6 Å². The third kappa shape index (κ3) is 5.28. The molecule has 0 fully saturated rings. The monoisotopic (exact) mass is 286 g/mol. The van der Waals surface area contributed by atoms with Gasteiger partial charge in [-0.15, -0.1) is 0 Å². The number of rotatable bonds is 7. The number of likely N-dealkylation sites (N-methyl/N-ethyl adjacent to an activating group) is 1. The Labute approximate surface area is 115 Å². The molecule has 0 atom stereocenters. The summed E-state index contributed by atoms with van der Waals surface area (Å²) in [5.74, 6) is 0. The summed E-state index contributed by atoms with van der Waals surface area (Å²) in [5, 5.41) is 8.86. The Kier molecular flexibility index (Phi) is 5.49. The second-order valence-electron chi connectivity index (χ2n) is 5.26. The summed E-state index contributed by atoms with van der Waals surface area (Å²) in [6.07, 6.45) is 0. The number of hydrogen-bond donors (Lipinski definition) is 2. The number of hydrogen-bond acceptors (Lipinski definition) is 4. The van der Waals surface area contributed by atoms with Crippen molar-refractivity contribution in [1.82, 2.24) is 9.62 Å². The molecule has 0 bridgehead atoms. The summed E-state index contributed by atoms with van der Waals surface area (Å²) in [6.45, 7) is 4.72. The molecule has 1 aromatic carbocycles. The van der Waals surface area contributed by atoms with Crippen molar-refractivity contribution in [2.24, 2.45) is 0 Å². The number of sulfonamides is 1. The highest BCUT2D eigenvalue weighted by molar-refractivity contribution is 7.89. The number of nitrogens with one attached hydrogen (secondary N) is 1. The van der Waals surface area contributed by atoms with Crippen LogP contribution in [-0.4, -0.2) is 50.7 Å². The van der Waals surface area contributed by atoms with Crippen molar-refractivity contribution < 1.29 is 13.5 Å². The SMILES string of the molecule is CN(CCO)CC(C)(C)NS(=O)(=O)c1ccccc1. The van der Waals surface area contributed by atoms with Crippen LogP contribution < -0.4 is 4.72 Å². The average molecular weight is 286 g/mol. The van der Waals surface area contributed by atoms with Crippen LogP contribution in [0, 0.1) is 0 Å². The molecule has 2 N–H and O–H groups in total. The normalized spacial score (nSPS) is 12.9. The fourth-order valence-electron chi connectivity index (χ4n) is 1.98. The largest absolute Gasteiger partial charge is 0.395 e. The zero-order valence-electron chi connectivity index (χ0n) is 11.6. The first-order valence-corrected chi connectivity index (χ1v) is 7.63. The molecule has 0 heterocycles. The van der Waals surface area contributed by atoms with Gasteiger partial charge in [0.05, 0.1) is 11.5 Å². The molecule has 0 aliphatic heterocycles. The zero-order chi connectivity index (χ0) is 14.5. The van der Waals surface area contributed by atoms with Gasteiger partial charge in [-0.05, 0) is 33.0 Å². The van der Waals surface area contributed by atoms with E-state index in [1.54, 1.807) is 30.3 Å². The fraction of sp³-hybridized carbons (Fsp3) is 0.538. The van der Waals surface area contributed by atoms with Gasteiger partial charge < -0.3 is 10.0 Å². The first-order chi connectivity index (χ1) is 8.77. The fourth-order valence-corrected chi connectivity index (χ4v) is 3.40. The number of benzene rings is 1. The molecule has 0 unspecified atom stereocenters. The van der Waals surface area contributed by atoms with E-state index in [0.717, 1.165) is 0 Å². The molecule has 0 saturated heterocycles. The van der Waals surface area contributed by atoms with Crippen LogP contribution in [0.2, 0.25) is 0 Å². The molecule has 108 valence electrons. The van der Waals surface area contributed by atoms with E-state index >= 15 is 0 Å². The molecular weight excluding hydrogens is 264 g/mol. The van der Waals surface area contributed by atoms with E-state index in [1.807, 2.05) is 25.8 Å². The van der Waals surface area contributed by atoms with Crippen molar-refractivity contribution in [3.8, 4) is 0 Å². The molecule has 0 amide bonds. The first kappa shape index (κ1) is 16.1. The van der Waals surface area contributed by atoms with E-state index < -0.39 is 15.6 Å². The minimum Gasteiger partial charge on any atom is -0.395 e. The Morgan fingerprint density at radius 2 is 1.84 bits per heavy atom. The standard InChI is InChI=1S/C13H22N2O3S/c1-13(2,11-15(3)9-10-16)14-19(17,18)12-7-5-4-6-8-12/h4-8,14,16H,9-11H2,1-3H3. The zero-order valence-corrected chi connectivity index (χ0v) is 12.4. The Bertz CT molecular complexity index is 486. The van der Waals surface area contributed by atoms with E-state index in [4.69, 9.17) is 5.11 Å². The molecule has 1 aromatic rings. The van der Waals surface area contributed by atoms with Crippen molar-refractivity contribution in [2.45, 2.75) is 24.3 Å². The molecule has 0 saturated carbocycles. The maximum Gasteiger partial charge on any atom is 0.241 e. The Balaban J connectivity index is 2.77. The minimum absolute atomic E-state index is 0.0536. The van der Waals surface area contributed by atoms with Crippen LogP contribution in [-0.2, 0) is 10.0 Å². The molecule has 6 heteroatoms. The van der Waals surface area contributed by atoms with E-state index in [0.29, 0.717) is 13.1 Å². The van der Waals surface area contributed by atoms with E-state index in [9.17, 15) is 8.42 Å². The third-order valence-corrected chi connectivity index (χ3v) is 4.33. The van der Waals surface area contributed by atoms with Crippen LogP contribution >= 0.6 is 0 Å². The highest BCUT2D eigenvalue weighted by Crippen LogP contribution is 2.13. The lowest BCUT2D eigenvalue weighted by atomic mass is 10.1. The van der Waals surface area contributed by atoms with Crippen molar-refractivity contribution in [2.75, 3.05) is 26.7 Å². The summed E-state index contributed by atoms with van der Waals surface area (Å²) < 4.78 is 27.1. The van der Waals surface area contributed by atoms with Crippen LogP contribution in [0.1, 0.15) is 13.8 Å². The van der Waals surface area contributed by atoms with Gasteiger partial charge in [-0.25, -0.2) is 13.1 Å². The number of aliphatic hydroxyl groups excluding tert-OH is 1. The number of nitrogens with zero attached hydrogens (tertiary/aromatic N) is 1. The highest BCUT2D eigenvalue weighted by Gasteiger charge is 2.27. The molecule has 0 spiro atoms. The quantitative estimate of drug-likeness (QED) is 0.773. The smallest absolute Gasteiger partial charge is 0.241 e. The Morgan fingerprint density at radius 3 is 2.37 bits per heavy atom. The molecule has 0 aliphatic rings. The predicted molar refractivity (Wildman–Crippen MR) is 75.4 cm³/mol. The molecule has 1 rings (SSSR count). The van der Waals surface area contributed by atoms with Gasteiger partial charge in [-0.3, -0.25) is 0 Å². The summed E-state index contributed by atoms with van der Waals surface area (Å²) in [6, 6.07) is 8.30. The summed E-state index contributed by atoms with van der Waals surface area (Å²) in [7, 11) is -1.68. The summed E-state index contributed by atoms with van der Waals surface area (Å²) in [5.41, 5.74) is -0.613. The van der Waals surface area contributed by atoms with Gasteiger partial charge >= 0.3 is 0 Å². The molecule has 0 aliphatic carbocycles. The van der Waals surface area contributed by atoms with Gasteiger partial charge in [0.2, 0.25) is 10.0 Å². The maximum atomic E-state index is 12.2. The van der Waals surface area contributed by atoms with Gasteiger partial charge in [-0.2, -0.15) is 0 Å². The van der Waals surface area contributed by atoms with Crippen molar-refractivity contribution >= 4 is 10.0 Å². The van der Waals surface area contributed by atoms with Crippen LogP contribution in [0.4, 0.5) is 0 Å². The highest BCUT2D eigenvalue weighted by atomic mass is 32.2. The maximum absolute atomic E-state index is 12.2.